The van der Waals surface area contributed by atoms with Gasteiger partial charge in [0.25, 0.3) is 0 Å². The molecule has 0 bridgehead atoms. The van der Waals surface area contributed by atoms with Crippen LogP contribution in [0.1, 0.15) is 26.7 Å². The Morgan fingerprint density at radius 3 is 1.67 bits per heavy atom. The average Bonchev–Trinajstić information content (AvgIpc) is 2.73. The van der Waals surface area contributed by atoms with Crippen LogP contribution in [0.15, 0.2) is 0 Å². The van der Waals surface area contributed by atoms with Crippen molar-refractivity contribution in [2.45, 2.75) is 37.9 Å². The number of hydrogen-bond acceptors (Lipinski definition) is 7. The first-order valence-corrected chi connectivity index (χ1v) is 5.62. The van der Waals surface area contributed by atoms with Gasteiger partial charge in [0.1, 0.15) is 0 Å². The van der Waals surface area contributed by atoms with Crippen LogP contribution in [-0.2, 0) is 28.5 Å². The van der Waals surface area contributed by atoms with Crippen LogP contribution in [0, 0.1) is 0 Å². The summed E-state index contributed by atoms with van der Waals surface area (Å²) in [6, 6.07) is 0. The molecule has 0 aromatic heterocycles. The lowest BCUT2D eigenvalue weighted by atomic mass is 10.1. The zero-order valence-electron chi connectivity index (χ0n) is 10.2. The van der Waals surface area contributed by atoms with Crippen LogP contribution >= 0.6 is 0 Å². The molecule has 2 unspecified atom stereocenters. The molecule has 0 radical (unpaired) electrons. The van der Waals surface area contributed by atoms with Gasteiger partial charge in [-0.3, -0.25) is 0 Å². The van der Waals surface area contributed by atoms with Crippen molar-refractivity contribution in [3.8, 4) is 0 Å². The average molecular weight is 258 g/mol. The highest BCUT2D eigenvalue weighted by Crippen LogP contribution is 2.28. The zero-order chi connectivity index (χ0) is 13.4. The van der Waals surface area contributed by atoms with Crippen LogP contribution in [0.3, 0.4) is 0 Å². The second kappa shape index (κ2) is 4.15. The third-order valence-corrected chi connectivity index (χ3v) is 3.11. The van der Waals surface area contributed by atoms with E-state index in [4.69, 9.17) is 18.9 Å². The van der Waals surface area contributed by atoms with Crippen molar-refractivity contribution < 1.29 is 33.3 Å². The molecule has 0 aliphatic carbocycles. The molecule has 0 N–H and O–H groups in total. The van der Waals surface area contributed by atoms with Crippen molar-refractivity contribution >= 4 is 18.1 Å². The van der Waals surface area contributed by atoms with Gasteiger partial charge in [0.15, 0.2) is 0 Å². The first kappa shape index (κ1) is 12.7. The molecule has 2 atom stereocenters. The SMILES string of the molecule is CC1(OC(=O)OC2(C)CCOC2=O)CCOC1=O. The lowest BCUT2D eigenvalue weighted by molar-refractivity contribution is -0.160. The van der Waals surface area contributed by atoms with Crippen LogP contribution in [0.5, 0.6) is 0 Å². The molecule has 0 amide bonds. The Morgan fingerprint density at radius 1 is 1.00 bits per heavy atom. The third-order valence-electron chi connectivity index (χ3n) is 3.11. The fraction of sp³-hybridized carbons (Fsp3) is 0.727. The van der Waals surface area contributed by atoms with E-state index in [0.29, 0.717) is 0 Å². The summed E-state index contributed by atoms with van der Waals surface area (Å²) in [6.07, 6.45) is -0.540. The van der Waals surface area contributed by atoms with Gasteiger partial charge >= 0.3 is 18.1 Å². The molecular weight excluding hydrogens is 244 g/mol. The van der Waals surface area contributed by atoms with Gasteiger partial charge in [-0.2, -0.15) is 0 Å². The van der Waals surface area contributed by atoms with Crippen LogP contribution in [0.25, 0.3) is 0 Å². The fourth-order valence-corrected chi connectivity index (χ4v) is 1.76. The minimum absolute atomic E-state index is 0.196. The molecule has 100 valence electrons. The number of rotatable bonds is 2. The second-order valence-electron chi connectivity index (χ2n) is 4.69. The van der Waals surface area contributed by atoms with Gasteiger partial charge in [-0.05, 0) is 13.8 Å². The fourth-order valence-electron chi connectivity index (χ4n) is 1.76. The summed E-state index contributed by atoms with van der Waals surface area (Å²) < 4.78 is 19.3. The van der Waals surface area contributed by atoms with Gasteiger partial charge in [-0.15, -0.1) is 0 Å². The van der Waals surface area contributed by atoms with Crippen LogP contribution < -0.4 is 0 Å². The van der Waals surface area contributed by atoms with Crippen molar-refractivity contribution in [1.29, 1.82) is 0 Å². The summed E-state index contributed by atoms with van der Waals surface area (Å²) >= 11 is 0. The standard InChI is InChI=1S/C11H14O7/c1-10(3-5-15-7(10)12)17-9(14)18-11(2)4-6-16-8(11)13/h3-6H2,1-2H3. The molecule has 7 heteroatoms. The lowest BCUT2D eigenvalue weighted by Gasteiger charge is -2.23. The van der Waals surface area contributed by atoms with Crippen LogP contribution in [-0.4, -0.2) is 42.5 Å². The predicted octanol–water partition coefficient (Wildman–Crippen LogP) is 0.551. The Morgan fingerprint density at radius 2 is 1.39 bits per heavy atom. The maximum atomic E-state index is 11.6. The van der Waals surface area contributed by atoms with E-state index in [1.807, 2.05) is 0 Å². The largest absolute Gasteiger partial charge is 0.510 e. The molecule has 0 aromatic carbocycles. The summed E-state index contributed by atoms with van der Waals surface area (Å²) in [5.41, 5.74) is -2.67. The first-order valence-electron chi connectivity index (χ1n) is 5.62. The maximum absolute atomic E-state index is 11.6. The van der Waals surface area contributed by atoms with E-state index in [9.17, 15) is 14.4 Å². The number of carbonyl (C=O) groups excluding carboxylic acids is 3. The van der Waals surface area contributed by atoms with E-state index >= 15 is 0 Å². The monoisotopic (exact) mass is 258 g/mol. The van der Waals surface area contributed by atoms with Gasteiger partial charge in [-0.25, -0.2) is 14.4 Å². The number of hydrogen-bond donors (Lipinski definition) is 0. The van der Waals surface area contributed by atoms with E-state index in [2.05, 4.69) is 0 Å². The molecule has 0 spiro atoms. The zero-order valence-corrected chi connectivity index (χ0v) is 10.2. The molecule has 7 nitrogen and oxygen atoms in total. The van der Waals surface area contributed by atoms with Crippen molar-refractivity contribution in [1.82, 2.24) is 0 Å². The molecule has 0 saturated carbocycles. The molecular formula is C11H14O7. The minimum atomic E-state index is -1.34. The van der Waals surface area contributed by atoms with Gasteiger partial charge in [-0.1, -0.05) is 0 Å². The number of ether oxygens (including phenoxy) is 4. The van der Waals surface area contributed by atoms with E-state index in [1.54, 1.807) is 0 Å². The molecule has 2 heterocycles. The smallest absolute Gasteiger partial charge is 0.463 e. The Labute approximate surface area is 103 Å². The molecule has 2 fully saturated rings. The van der Waals surface area contributed by atoms with Gasteiger partial charge in [0.05, 0.1) is 13.2 Å². The topological polar surface area (TPSA) is 88.1 Å². The normalized spacial score (nSPS) is 35.0. The van der Waals surface area contributed by atoms with Crippen molar-refractivity contribution in [2.24, 2.45) is 0 Å². The number of carbonyl (C=O) groups is 3. The van der Waals surface area contributed by atoms with E-state index in [0.717, 1.165) is 0 Å². The first-order chi connectivity index (χ1) is 8.36. The quantitative estimate of drug-likeness (QED) is 0.528. The maximum Gasteiger partial charge on any atom is 0.510 e. The molecule has 2 saturated heterocycles. The number of cyclic esters (lactones) is 2. The Hall–Kier alpha value is -1.79. The summed E-state index contributed by atoms with van der Waals surface area (Å²) in [5, 5.41) is 0. The van der Waals surface area contributed by atoms with Crippen LogP contribution in [0.4, 0.5) is 4.79 Å². The van der Waals surface area contributed by atoms with E-state index in [1.165, 1.54) is 13.8 Å². The highest BCUT2D eigenvalue weighted by molar-refractivity contribution is 5.85. The van der Waals surface area contributed by atoms with Gasteiger partial charge in [0.2, 0.25) is 11.2 Å². The summed E-state index contributed by atoms with van der Waals surface area (Å²) in [5.74, 6) is -1.22. The molecule has 0 aromatic rings. The van der Waals surface area contributed by atoms with Gasteiger partial charge < -0.3 is 18.9 Å². The predicted molar refractivity (Wildman–Crippen MR) is 55.5 cm³/mol. The summed E-state index contributed by atoms with van der Waals surface area (Å²) in [6.45, 7) is 3.28. The highest BCUT2D eigenvalue weighted by atomic mass is 16.8. The Balaban J connectivity index is 1.97. The van der Waals surface area contributed by atoms with Gasteiger partial charge in [0, 0.05) is 12.8 Å². The minimum Gasteiger partial charge on any atom is -0.463 e. The third kappa shape index (κ3) is 2.12. The lowest BCUT2D eigenvalue weighted by Crippen LogP contribution is -2.42. The highest BCUT2D eigenvalue weighted by Gasteiger charge is 2.48. The molecule has 2 aliphatic heterocycles. The molecule has 2 aliphatic rings. The number of esters is 2. The Bertz CT molecular complexity index is 368. The molecule has 2 rings (SSSR count). The summed E-state index contributed by atoms with van der Waals surface area (Å²) in [7, 11) is 0. The Kier molecular flexibility index (Phi) is 2.92. The van der Waals surface area contributed by atoms with Crippen molar-refractivity contribution in [3.63, 3.8) is 0 Å². The molecule has 18 heavy (non-hydrogen) atoms. The van der Waals surface area contributed by atoms with Crippen molar-refractivity contribution in [3.05, 3.63) is 0 Å². The second-order valence-corrected chi connectivity index (χ2v) is 4.69. The van der Waals surface area contributed by atoms with Crippen molar-refractivity contribution in [2.75, 3.05) is 13.2 Å². The van der Waals surface area contributed by atoms with E-state index < -0.39 is 29.3 Å². The van der Waals surface area contributed by atoms with Crippen LogP contribution in [0.2, 0.25) is 0 Å². The van der Waals surface area contributed by atoms with E-state index in [-0.39, 0.29) is 26.1 Å². The summed E-state index contributed by atoms with van der Waals surface area (Å²) in [4.78, 5) is 34.3.